The van der Waals surface area contributed by atoms with Crippen molar-refractivity contribution >= 4 is 22.7 Å². The van der Waals surface area contributed by atoms with Crippen LogP contribution in [0, 0.1) is 0 Å². The van der Waals surface area contributed by atoms with E-state index in [-0.39, 0.29) is 35.8 Å². The molecule has 40 heavy (non-hydrogen) atoms. The Balaban J connectivity index is 1.67. The van der Waals surface area contributed by atoms with Crippen molar-refractivity contribution in [3.8, 4) is 11.5 Å². The van der Waals surface area contributed by atoms with Gasteiger partial charge in [-0.2, -0.15) is 0 Å². The van der Waals surface area contributed by atoms with Crippen LogP contribution in [0.2, 0.25) is 0 Å². The quantitative estimate of drug-likeness (QED) is 0.300. The number of fused-ring (bicyclic) bond motifs is 1. The average Bonchev–Trinajstić information content (AvgIpc) is 2.99. The first kappa shape index (κ1) is 28.2. The van der Waals surface area contributed by atoms with Crippen LogP contribution >= 0.6 is 0 Å². The van der Waals surface area contributed by atoms with Gasteiger partial charge in [-0.25, -0.2) is 4.79 Å². The number of hydrogen-bond donors (Lipinski definition) is 2. The highest BCUT2D eigenvalue weighted by Gasteiger charge is 2.19. The third-order valence-electron chi connectivity index (χ3n) is 6.46. The highest BCUT2D eigenvalue weighted by molar-refractivity contribution is 5.94. The van der Waals surface area contributed by atoms with Gasteiger partial charge in [0.2, 0.25) is 5.91 Å². The van der Waals surface area contributed by atoms with Gasteiger partial charge in [0, 0.05) is 24.7 Å². The highest BCUT2D eigenvalue weighted by Crippen LogP contribution is 2.30. The van der Waals surface area contributed by atoms with Crippen molar-refractivity contribution in [3.05, 3.63) is 104 Å². The van der Waals surface area contributed by atoms with Crippen LogP contribution in [0.5, 0.6) is 11.5 Å². The van der Waals surface area contributed by atoms with E-state index in [0.717, 1.165) is 16.6 Å². The first-order valence-electron chi connectivity index (χ1n) is 12.9. The fraction of sp³-hybridized carbons (Fsp3) is 0.267. The summed E-state index contributed by atoms with van der Waals surface area (Å²) >= 11 is 0. The SMILES string of the molecule is CCCNC(=O)Cn1c(=O)n(Cc2ccc(C(=O)NCc3ccccc3)cc2)c(=O)c2cc(OC)c(OC)cc21. The van der Waals surface area contributed by atoms with Gasteiger partial charge < -0.3 is 20.1 Å². The number of rotatable bonds is 11. The molecule has 0 atom stereocenters. The van der Waals surface area contributed by atoms with Gasteiger partial charge in [0.25, 0.3) is 11.5 Å². The lowest BCUT2D eigenvalue weighted by atomic mass is 10.1. The van der Waals surface area contributed by atoms with Crippen LogP contribution in [0.3, 0.4) is 0 Å². The Hall–Kier alpha value is -4.86. The maximum Gasteiger partial charge on any atom is 0.332 e. The molecule has 2 amide bonds. The zero-order chi connectivity index (χ0) is 28.6. The van der Waals surface area contributed by atoms with Crippen molar-refractivity contribution in [1.29, 1.82) is 0 Å². The second kappa shape index (κ2) is 12.8. The molecule has 0 aliphatic carbocycles. The van der Waals surface area contributed by atoms with Crippen molar-refractivity contribution in [1.82, 2.24) is 19.8 Å². The zero-order valence-electron chi connectivity index (χ0n) is 22.7. The molecule has 10 nitrogen and oxygen atoms in total. The molecule has 208 valence electrons. The number of amides is 2. The summed E-state index contributed by atoms with van der Waals surface area (Å²) < 4.78 is 13.1. The third kappa shape index (κ3) is 6.23. The molecule has 0 unspecified atom stereocenters. The molecule has 1 heterocycles. The predicted molar refractivity (Wildman–Crippen MR) is 152 cm³/mol. The summed E-state index contributed by atoms with van der Waals surface area (Å²) in [6.45, 7) is 2.47. The number of hydrogen-bond acceptors (Lipinski definition) is 6. The fourth-order valence-corrected chi connectivity index (χ4v) is 4.32. The molecule has 0 aliphatic heterocycles. The molecular formula is C30H32N4O6. The van der Waals surface area contributed by atoms with Gasteiger partial charge in [0.15, 0.2) is 11.5 Å². The van der Waals surface area contributed by atoms with Crippen LogP contribution in [0.4, 0.5) is 0 Å². The minimum absolute atomic E-state index is 0.0511. The molecule has 4 rings (SSSR count). The number of methoxy groups -OCH3 is 2. The number of aromatic nitrogens is 2. The first-order valence-corrected chi connectivity index (χ1v) is 12.9. The van der Waals surface area contributed by atoms with Gasteiger partial charge in [-0.1, -0.05) is 49.4 Å². The largest absolute Gasteiger partial charge is 0.493 e. The number of carbonyl (C=O) groups excluding carboxylic acids is 2. The lowest BCUT2D eigenvalue weighted by Crippen LogP contribution is -2.43. The number of nitrogens with one attached hydrogen (secondary N) is 2. The van der Waals surface area contributed by atoms with E-state index in [1.54, 1.807) is 24.3 Å². The number of carbonyl (C=O) groups is 2. The normalized spacial score (nSPS) is 10.8. The average molecular weight is 545 g/mol. The number of ether oxygens (including phenoxy) is 2. The molecule has 0 saturated heterocycles. The molecular weight excluding hydrogens is 512 g/mol. The molecule has 4 aromatic rings. The third-order valence-corrected chi connectivity index (χ3v) is 6.46. The van der Waals surface area contributed by atoms with Crippen molar-refractivity contribution in [2.75, 3.05) is 20.8 Å². The molecule has 0 radical (unpaired) electrons. The Kier molecular flexibility index (Phi) is 9.00. The Morgan fingerprint density at radius 1 is 0.825 bits per heavy atom. The van der Waals surface area contributed by atoms with Crippen LogP contribution in [0.1, 0.15) is 34.8 Å². The molecule has 0 aliphatic rings. The Labute approximate surface area is 231 Å². The monoisotopic (exact) mass is 544 g/mol. The Morgan fingerprint density at radius 3 is 2.15 bits per heavy atom. The van der Waals surface area contributed by atoms with Crippen LogP contribution in [0.25, 0.3) is 10.9 Å². The standard InChI is InChI=1S/C30H32N4O6/c1-4-14-31-27(35)19-33-24-16-26(40-3)25(39-2)15-23(24)29(37)34(30(33)38)18-21-10-12-22(13-11-21)28(36)32-17-20-8-6-5-7-9-20/h5-13,15-16H,4,14,17-19H2,1-3H3,(H,31,35)(H,32,36). The van der Waals surface area contributed by atoms with Gasteiger partial charge in [-0.3, -0.25) is 23.5 Å². The second-order valence-corrected chi connectivity index (χ2v) is 9.20. The Bertz CT molecular complexity index is 1630. The predicted octanol–water partition coefficient (Wildman–Crippen LogP) is 2.68. The van der Waals surface area contributed by atoms with Crippen molar-refractivity contribution < 1.29 is 19.1 Å². The maximum absolute atomic E-state index is 13.6. The maximum atomic E-state index is 13.6. The first-order chi connectivity index (χ1) is 19.4. The second-order valence-electron chi connectivity index (χ2n) is 9.20. The summed E-state index contributed by atoms with van der Waals surface area (Å²) in [5.41, 5.74) is 1.17. The van der Waals surface area contributed by atoms with Gasteiger partial charge in [0.1, 0.15) is 6.54 Å². The van der Waals surface area contributed by atoms with Gasteiger partial charge in [0.05, 0.1) is 31.7 Å². The highest BCUT2D eigenvalue weighted by atomic mass is 16.5. The van der Waals surface area contributed by atoms with Crippen molar-refractivity contribution in [2.24, 2.45) is 0 Å². The topological polar surface area (TPSA) is 121 Å². The van der Waals surface area contributed by atoms with Gasteiger partial charge >= 0.3 is 5.69 Å². The minimum atomic E-state index is -0.638. The van der Waals surface area contributed by atoms with Crippen LogP contribution < -0.4 is 31.4 Å². The van der Waals surface area contributed by atoms with E-state index in [1.807, 2.05) is 37.3 Å². The van der Waals surface area contributed by atoms with Gasteiger partial charge in [-0.05, 0) is 35.7 Å². The van der Waals surface area contributed by atoms with E-state index in [2.05, 4.69) is 10.6 Å². The van der Waals surface area contributed by atoms with Gasteiger partial charge in [-0.15, -0.1) is 0 Å². The van der Waals surface area contributed by atoms with Crippen molar-refractivity contribution in [3.63, 3.8) is 0 Å². The lowest BCUT2D eigenvalue weighted by molar-refractivity contribution is -0.121. The van der Waals surface area contributed by atoms with Crippen LogP contribution in [0.15, 0.2) is 76.3 Å². The molecule has 2 N–H and O–H groups in total. The van der Waals surface area contributed by atoms with Crippen LogP contribution in [-0.2, 0) is 24.4 Å². The molecule has 0 saturated carbocycles. The molecule has 0 fully saturated rings. The lowest BCUT2D eigenvalue weighted by Gasteiger charge is -2.16. The van der Waals surface area contributed by atoms with E-state index >= 15 is 0 Å². The van der Waals surface area contributed by atoms with Crippen molar-refractivity contribution in [2.45, 2.75) is 33.0 Å². The summed E-state index contributed by atoms with van der Waals surface area (Å²) in [6.07, 6.45) is 0.742. The molecule has 10 heteroatoms. The number of nitrogens with zero attached hydrogens (tertiary/aromatic N) is 2. The number of benzene rings is 3. The smallest absolute Gasteiger partial charge is 0.332 e. The van der Waals surface area contributed by atoms with E-state index in [0.29, 0.717) is 35.7 Å². The summed E-state index contributed by atoms with van der Waals surface area (Å²) in [4.78, 5) is 52.3. The summed E-state index contributed by atoms with van der Waals surface area (Å²) in [6, 6.07) is 19.3. The molecule has 0 spiro atoms. The Morgan fingerprint density at radius 2 is 1.50 bits per heavy atom. The van der Waals surface area contributed by atoms with E-state index < -0.39 is 11.2 Å². The minimum Gasteiger partial charge on any atom is -0.493 e. The molecule has 1 aromatic heterocycles. The van der Waals surface area contributed by atoms with Crippen LogP contribution in [-0.4, -0.2) is 41.7 Å². The molecule has 0 bridgehead atoms. The van der Waals surface area contributed by atoms with E-state index in [1.165, 1.54) is 30.9 Å². The molecule has 3 aromatic carbocycles. The fourth-order valence-electron chi connectivity index (χ4n) is 4.32. The van der Waals surface area contributed by atoms with E-state index in [4.69, 9.17) is 9.47 Å². The summed E-state index contributed by atoms with van der Waals surface area (Å²) in [5.74, 6) is 0.0661. The zero-order valence-corrected chi connectivity index (χ0v) is 22.7. The summed E-state index contributed by atoms with van der Waals surface area (Å²) in [7, 11) is 2.90. The summed E-state index contributed by atoms with van der Waals surface area (Å²) in [5, 5.41) is 5.85. The van der Waals surface area contributed by atoms with E-state index in [9.17, 15) is 19.2 Å².